The lowest BCUT2D eigenvalue weighted by atomic mass is 10.1. The zero-order chi connectivity index (χ0) is 11.4. The predicted molar refractivity (Wildman–Crippen MR) is 61.9 cm³/mol. The number of rotatable bonds is 4. The van der Waals surface area contributed by atoms with E-state index in [2.05, 4.69) is 6.92 Å². The van der Waals surface area contributed by atoms with Crippen molar-refractivity contribution in [2.45, 2.75) is 25.9 Å². The standard InChI is InChI=1S/C13H17NO2/c1-2-8-14-10-16-12(13(14)15)9-11-6-4-3-5-7-11/h3-7,12H,2,8-10H2,1H3. The van der Waals surface area contributed by atoms with Crippen LogP contribution in [0.3, 0.4) is 0 Å². The third-order valence-electron chi connectivity index (χ3n) is 2.78. The third-order valence-corrected chi connectivity index (χ3v) is 2.78. The zero-order valence-corrected chi connectivity index (χ0v) is 9.56. The quantitative estimate of drug-likeness (QED) is 0.773. The highest BCUT2D eigenvalue weighted by atomic mass is 16.5. The van der Waals surface area contributed by atoms with Crippen LogP contribution in [0.4, 0.5) is 0 Å². The van der Waals surface area contributed by atoms with Crippen LogP contribution in [0.1, 0.15) is 18.9 Å². The van der Waals surface area contributed by atoms with E-state index in [1.54, 1.807) is 4.90 Å². The zero-order valence-electron chi connectivity index (χ0n) is 9.56. The molecule has 0 spiro atoms. The number of amides is 1. The van der Waals surface area contributed by atoms with Gasteiger partial charge in [0.15, 0.2) is 0 Å². The largest absolute Gasteiger partial charge is 0.348 e. The Morgan fingerprint density at radius 1 is 1.38 bits per heavy atom. The number of hydrogen-bond donors (Lipinski definition) is 0. The SMILES string of the molecule is CCCN1COC(Cc2ccccc2)C1=O. The topological polar surface area (TPSA) is 29.5 Å². The van der Waals surface area contributed by atoms with Gasteiger partial charge in [-0.15, -0.1) is 0 Å². The summed E-state index contributed by atoms with van der Waals surface area (Å²) in [6.07, 6.45) is 1.38. The molecule has 86 valence electrons. The third kappa shape index (κ3) is 2.42. The highest BCUT2D eigenvalue weighted by Crippen LogP contribution is 2.15. The van der Waals surface area contributed by atoms with Crippen LogP contribution in [0.15, 0.2) is 30.3 Å². The molecule has 1 aromatic carbocycles. The highest BCUT2D eigenvalue weighted by molar-refractivity contribution is 5.82. The number of nitrogens with zero attached hydrogens (tertiary/aromatic N) is 1. The Morgan fingerprint density at radius 2 is 2.12 bits per heavy atom. The molecule has 0 bridgehead atoms. The Labute approximate surface area is 96.0 Å². The average molecular weight is 219 g/mol. The lowest BCUT2D eigenvalue weighted by molar-refractivity contribution is -0.129. The molecule has 1 aliphatic rings. The van der Waals surface area contributed by atoms with Crippen molar-refractivity contribution < 1.29 is 9.53 Å². The number of ether oxygens (including phenoxy) is 1. The monoisotopic (exact) mass is 219 g/mol. The molecule has 0 saturated carbocycles. The van der Waals surface area contributed by atoms with Crippen LogP contribution in [-0.2, 0) is 16.0 Å². The summed E-state index contributed by atoms with van der Waals surface area (Å²) in [5.74, 6) is 0.130. The molecule has 1 unspecified atom stereocenters. The molecule has 0 aromatic heterocycles. The van der Waals surface area contributed by atoms with Gasteiger partial charge in [0, 0.05) is 13.0 Å². The first kappa shape index (κ1) is 11.1. The summed E-state index contributed by atoms with van der Waals surface area (Å²) in [6, 6.07) is 10.00. The van der Waals surface area contributed by atoms with Gasteiger partial charge in [-0.3, -0.25) is 4.79 Å². The van der Waals surface area contributed by atoms with Gasteiger partial charge >= 0.3 is 0 Å². The van der Waals surface area contributed by atoms with E-state index in [1.807, 2.05) is 30.3 Å². The van der Waals surface area contributed by atoms with Crippen molar-refractivity contribution in [2.75, 3.05) is 13.3 Å². The summed E-state index contributed by atoms with van der Waals surface area (Å²) in [7, 11) is 0. The Hall–Kier alpha value is -1.35. The maximum Gasteiger partial charge on any atom is 0.253 e. The fourth-order valence-electron chi connectivity index (χ4n) is 1.94. The fraction of sp³-hybridized carbons (Fsp3) is 0.462. The van der Waals surface area contributed by atoms with E-state index >= 15 is 0 Å². The summed E-state index contributed by atoms with van der Waals surface area (Å²) in [5, 5.41) is 0. The van der Waals surface area contributed by atoms with Crippen LogP contribution < -0.4 is 0 Å². The summed E-state index contributed by atoms with van der Waals surface area (Å²) in [4.78, 5) is 13.7. The molecule has 0 N–H and O–H groups in total. The molecular formula is C13H17NO2. The van der Waals surface area contributed by atoms with Gasteiger partial charge in [-0.2, -0.15) is 0 Å². The van der Waals surface area contributed by atoms with Crippen LogP contribution in [0.25, 0.3) is 0 Å². The number of hydrogen-bond acceptors (Lipinski definition) is 2. The van der Waals surface area contributed by atoms with Gasteiger partial charge in [-0.05, 0) is 12.0 Å². The minimum absolute atomic E-state index is 0.130. The first-order valence-corrected chi connectivity index (χ1v) is 5.75. The molecule has 0 radical (unpaired) electrons. The van der Waals surface area contributed by atoms with Crippen LogP contribution in [0, 0.1) is 0 Å². The number of carbonyl (C=O) groups excluding carboxylic acids is 1. The van der Waals surface area contributed by atoms with Gasteiger partial charge < -0.3 is 9.64 Å². The molecule has 3 nitrogen and oxygen atoms in total. The molecule has 16 heavy (non-hydrogen) atoms. The fourth-order valence-corrected chi connectivity index (χ4v) is 1.94. The molecule has 1 fully saturated rings. The highest BCUT2D eigenvalue weighted by Gasteiger charge is 2.31. The Kier molecular flexibility index (Phi) is 3.57. The van der Waals surface area contributed by atoms with Gasteiger partial charge in [0.25, 0.3) is 5.91 Å². The van der Waals surface area contributed by atoms with Crippen LogP contribution >= 0.6 is 0 Å². The molecule has 3 heteroatoms. The number of benzene rings is 1. The second-order valence-corrected chi connectivity index (χ2v) is 4.08. The molecule has 1 aliphatic heterocycles. The summed E-state index contributed by atoms with van der Waals surface area (Å²) in [5.41, 5.74) is 1.15. The normalized spacial score (nSPS) is 20.4. The van der Waals surface area contributed by atoms with Crippen molar-refractivity contribution in [2.24, 2.45) is 0 Å². The minimum Gasteiger partial charge on any atom is -0.348 e. The molecular weight excluding hydrogens is 202 g/mol. The molecule has 1 aromatic rings. The Morgan fingerprint density at radius 3 is 2.81 bits per heavy atom. The van der Waals surface area contributed by atoms with E-state index in [4.69, 9.17) is 4.74 Å². The number of carbonyl (C=O) groups is 1. The molecule has 1 atom stereocenters. The summed E-state index contributed by atoms with van der Waals surface area (Å²) < 4.78 is 5.51. The van der Waals surface area contributed by atoms with Crippen LogP contribution in [-0.4, -0.2) is 30.2 Å². The van der Waals surface area contributed by atoms with E-state index < -0.39 is 0 Å². The van der Waals surface area contributed by atoms with E-state index in [0.717, 1.165) is 18.5 Å². The smallest absolute Gasteiger partial charge is 0.253 e. The lowest BCUT2D eigenvalue weighted by Crippen LogP contribution is -2.31. The second-order valence-electron chi connectivity index (χ2n) is 4.08. The van der Waals surface area contributed by atoms with Crippen LogP contribution in [0.5, 0.6) is 0 Å². The molecule has 0 aliphatic carbocycles. The van der Waals surface area contributed by atoms with Crippen LogP contribution in [0.2, 0.25) is 0 Å². The molecule has 1 amide bonds. The first-order valence-electron chi connectivity index (χ1n) is 5.75. The van der Waals surface area contributed by atoms with E-state index in [0.29, 0.717) is 13.2 Å². The molecule has 1 heterocycles. The van der Waals surface area contributed by atoms with Crippen molar-refractivity contribution in [1.82, 2.24) is 4.90 Å². The van der Waals surface area contributed by atoms with Gasteiger partial charge in [-0.1, -0.05) is 37.3 Å². The van der Waals surface area contributed by atoms with E-state index in [-0.39, 0.29) is 12.0 Å². The van der Waals surface area contributed by atoms with Crippen molar-refractivity contribution in [3.8, 4) is 0 Å². The van der Waals surface area contributed by atoms with E-state index in [9.17, 15) is 4.79 Å². The van der Waals surface area contributed by atoms with Gasteiger partial charge in [-0.25, -0.2) is 0 Å². The molecule has 2 rings (SSSR count). The van der Waals surface area contributed by atoms with Crippen molar-refractivity contribution >= 4 is 5.91 Å². The van der Waals surface area contributed by atoms with Gasteiger partial charge in [0.1, 0.15) is 12.8 Å². The first-order chi connectivity index (χ1) is 7.81. The predicted octanol–water partition coefficient (Wildman–Crippen LogP) is 1.82. The Bertz CT molecular complexity index is 350. The minimum atomic E-state index is -0.283. The lowest BCUT2D eigenvalue weighted by Gasteiger charge is -2.12. The molecule has 1 saturated heterocycles. The Balaban J connectivity index is 1.95. The summed E-state index contributed by atoms with van der Waals surface area (Å²) >= 11 is 0. The van der Waals surface area contributed by atoms with Gasteiger partial charge in [0.2, 0.25) is 0 Å². The van der Waals surface area contributed by atoms with Crippen molar-refractivity contribution in [3.05, 3.63) is 35.9 Å². The average Bonchev–Trinajstić information content (AvgIpc) is 2.64. The maximum absolute atomic E-state index is 11.9. The van der Waals surface area contributed by atoms with Crippen molar-refractivity contribution in [1.29, 1.82) is 0 Å². The summed E-state index contributed by atoms with van der Waals surface area (Å²) in [6.45, 7) is 3.31. The van der Waals surface area contributed by atoms with E-state index in [1.165, 1.54) is 0 Å². The van der Waals surface area contributed by atoms with Gasteiger partial charge in [0.05, 0.1) is 0 Å². The van der Waals surface area contributed by atoms with Crippen molar-refractivity contribution in [3.63, 3.8) is 0 Å². The maximum atomic E-state index is 11.9. The second kappa shape index (κ2) is 5.12.